The van der Waals surface area contributed by atoms with Crippen LogP contribution in [0.5, 0.6) is 0 Å². The van der Waals surface area contributed by atoms with Gasteiger partial charge in [0, 0.05) is 36.4 Å². The molecule has 3 aromatic rings. The Bertz CT molecular complexity index is 1220. The van der Waals surface area contributed by atoms with E-state index < -0.39 is 0 Å². The molecule has 1 aliphatic rings. The number of amides is 2. The van der Waals surface area contributed by atoms with Crippen LogP contribution >= 0.6 is 0 Å². The fourth-order valence-electron chi connectivity index (χ4n) is 3.68. The Morgan fingerprint density at radius 2 is 1.63 bits per heavy atom. The van der Waals surface area contributed by atoms with Crippen LogP contribution in [0.2, 0.25) is 0 Å². The van der Waals surface area contributed by atoms with E-state index in [9.17, 15) is 9.59 Å². The molecule has 0 aliphatic carbocycles. The first-order valence-corrected chi connectivity index (χ1v) is 11.3. The van der Waals surface area contributed by atoms with Gasteiger partial charge in [0.25, 0.3) is 11.8 Å². The third-order valence-electron chi connectivity index (χ3n) is 5.66. The smallest absolute Gasteiger partial charge is 0.256 e. The van der Waals surface area contributed by atoms with Crippen molar-refractivity contribution in [3.63, 3.8) is 0 Å². The highest BCUT2D eigenvalue weighted by Gasteiger charge is 2.14. The summed E-state index contributed by atoms with van der Waals surface area (Å²) in [6, 6.07) is 17.6. The molecule has 178 valence electrons. The van der Waals surface area contributed by atoms with E-state index in [0.29, 0.717) is 29.2 Å². The molecule has 9 heteroatoms. The maximum atomic E-state index is 12.6. The quantitative estimate of drug-likeness (QED) is 0.296. The molecule has 0 saturated carbocycles. The summed E-state index contributed by atoms with van der Waals surface area (Å²) < 4.78 is 0. The van der Waals surface area contributed by atoms with Crippen LogP contribution in [0.1, 0.15) is 38.4 Å². The maximum absolute atomic E-state index is 12.6. The van der Waals surface area contributed by atoms with Crippen molar-refractivity contribution in [1.82, 2.24) is 20.4 Å². The highest BCUT2D eigenvalue weighted by atomic mass is 16.2. The van der Waals surface area contributed by atoms with Crippen molar-refractivity contribution in [2.24, 2.45) is 0 Å². The second-order valence-electron chi connectivity index (χ2n) is 8.12. The van der Waals surface area contributed by atoms with Crippen molar-refractivity contribution in [2.75, 3.05) is 30.8 Å². The first-order valence-electron chi connectivity index (χ1n) is 11.3. The van der Waals surface area contributed by atoms with Crippen LogP contribution < -0.4 is 16.0 Å². The molecule has 2 heterocycles. The van der Waals surface area contributed by atoms with Crippen molar-refractivity contribution in [1.29, 1.82) is 5.41 Å². The Balaban J connectivity index is 1.33. The number of rotatable bonds is 8. The van der Waals surface area contributed by atoms with E-state index in [4.69, 9.17) is 5.41 Å². The van der Waals surface area contributed by atoms with Gasteiger partial charge in [0.2, 0.25) is 0 Å². The van der Waals surface area contributed by atoms with Crippen LogP contribution in [0, 0.1) is 5.41 Å². The van der Waals surface area contributed by atoms with Crippen molar-refractivity contribution in [3.05, 3.63) is 89.1 Å². The van der Waals surface area contributed by atoms with Gasteiger partial charge in [0.1, 0.15) is 0 Å². The topological polar surface area (TPSA) is 123 Å². The molecule has 9 nitrogen and oxygen atoms in total. The summed E-state index contributed by atoms with van der Waals surface area (Å²) in [6.07, 6.45) is 4.16. The van der Waals surface area contributed by atoms with Gasteiger partial charge in [-0.05, 0) is 73.1 Å². The summed E-state index contributed by atoms with van der Waals surface area (Å²) in [4.78, 5) is 27.0. The predicted octanol–water partition coefficient (Wildman–Crippen LogP) is 3.40. The molecule has 4 rings (SSSR count). The van der Waals surface area contributed by atoms with E-state index in [2.05, 4.69) is 26.1 Å². The van der Waals surface area contributed by atoms with E-state index in [1.165, 1.54) is 6.34 Å². The van der Waals surface area contributed by atoms with Gasteiger partial charge >= 0.3 is 0 Å². The minimum atomic E-state index is -0.336. The van der Waals surface area contributed by atoms with Crippen LogP contribution in [0.25, 0.3) is 5.57 Å². The molecule has 35 heavy (non-hydrogen) atoms. The van der Waals surface area contributed by atoms with Gasteiger partial charge < -0.3 is 20.9 Å². The highest BCUT2D eigenvalue weighted by Crippen LogP contribution is 2.20. The first-order chi connectivity index (χ1) is 17.1. The normalized spacial score (nSPS) is 13.1. The summed E-state index contributed by atoms with van der Waals surface area (Å²) in [5.41, 5.74) is 4.53. The number of nitrogens with one attached hydrogen (secondary N) is 4. The molecule has 1 aliphatic heterocycles. The van der Waals surface area contributed by atoms with Gasteiger partial charge in [0.05, 0.1) is 12.0 Å². The van der Waals surface area contributed by atoms with Gasteiger partial charge in [-0.2, -0.15) is 0 Å². The number of benzene rings is 2. The standard InChI is InChI=1S/C26H27N7O2/c1-28-16-18-2-8-22(9-3-18)29-25(34)20-4-6-21(7-5-20)26(35)30-24-11-10-23(31-32-24)19-12-14-33(17-27)15-13-19/h2-12,17,27-28H,13-16H2,1H3,(H,29,34)(H,30,32,35). The number of hydrogen-bond donors (Lipinski definition) is 4. The lowest BCUT2D eigenvalue weighted by molar-refractivity contribution is 0.101. The average Bonchev–Trinajstić information content (AvgIpc) is 2.90. The lowest BCUT2D eigenvalue weighted by atomic mass is 10.1. The largest absolute Gasteiger partial charge is 0.359 e. The van der Waals surface area contributed by atoms with Gasteiger partial charge in [-0.15, -0.1) is 10.2 Å². The van der Waals surface area contributed by atoms with E-state index in [1.54, 1.807) is 30.3 Å². The second kappa shape index (κ2) is 11.2. The Morgan fingerprint density at radius 1 is 0.943 bits per heavy atom. The summed E-state index contributed by atoms with van der Waals surface area (Å²) in [5.74, 6) is -0.238. The summed E-state index contributed by atoms with van der Waals surface area (Å²) in [6.45, 7) is 2.21. The third kappa shape index (κ3) is 6.15. The van der Waals surface area contributed by atoms with Crippen molar-refractivity contribution in [2.45, 2.75) is 13.0 Å². The monoisotopic (exact) mass is 469 g/mol. The van der Waals surface area contributed by atoms with E-state index in [1.807, 2.05) is 48.4 Å². The number of hydrogen-bond acceptors (Lipinski definition) is 6. The molecule has 0 atom stereocenters. The maximum Gasteiger partial charge on any atom is 0.256 e. The fourth-order valence-corrected chi connectivity index (χ4v) is 3.68. The molecule has 0 bridgehead atoms. The third-order valence-corrected chi connectivity index (χ3v) is 5.66. The molecule has 0 saturated heterocycles. The Kier molecular flexibility index (Phi) is 7.59. The molecule has 0 spiro atoms. The molecule has 0 radical (unpaired) electrons. The first kappa shape index (κ1) is 23.8. The van der Waals surface area contributed by atoms with Gasteiger partial charge in [-0.3, -0.25) is 15.0 Å². The van der Waals surface area contributed by atoms with Crippen LogP contribution in [0.3, 0.4) is 0 Å². The Morgan fingerprint density at radius 3 is 2.17 bits per heavy atom. The number of carbonyl (C=O) groups excluding carboxylic acids is 2. The van der Waals surface area contributed by atoms with Gasteiger partial charge in [-0.25, -0.2) is 0 Å². The molecule has 2 amide bonds. The number of nitrogens with zero attached hydrogens (tertiary/aromatic N) is 3. The molecular formula is C26H27N7O2. The zero-order chi connectivity index (χ0) is 24.6. The summed E-state index contributed by atoms with van der Waals surface area (Å²) >= 11 is 0. The number of carbonyl (C=O) groups is 2. The molecule has 0 unspecified atom stereocenters. The Labute approximate surface area is 203 Å². The zero-order valence-electron chi connectivity index (χ0n) is 19.4. The van der Waals surface area contributed by atoms with E-state index >= 15 is 0 Å². The van der Waals surface area contributed by atoms with Crippen molar-refractivity contribution < 1.29 is 9.59 Å². The lowest BCUT2D eigenvalue weighted by Gasteiger charge is -2.23. The van der Waals surface area contributed by atoms with Gasteiger partial charge in [-0.1, -0.05) is 18.2 Å². The second-order valence-corrected chi connectivity index (χ2v) is 8.12. The van der Waals surface area contributed by atoms with E-state index in [-0.39, 0.29) is 11.8 Å². The van der Waals surface area contributed by atoms with Gasteiger partial charge in [0.15, 0.2) is 5.82 Å². The minimum absolute atomic E-state index is 0.250. The predicted molar refractivity (Wildman–Crippen MR) is 137 cm³/mol. The van der Waals surface area contributed by atoms with Crippen LogP contribution in [0.4, 0.5) is 11.5 Å². The van der Waals surface area contributed by atoms with Crippen molar-refractivity contribution >= 4 is 35.2 Å². The summed E-state index contributed by atoms with van der Waals surface area (Å²) in [7, 11) is 1.88. The fraction of sp³-hybridized carbons (Fsp3) is 0.192. The summed E-state index contributed by atoms with van der Waals surface area (Å²) in [5, 5.41) is 24.3. The molecule has 2 aromatic carbocycles. The average molecular weight is 470 g/mol. The Hall–Kier alpha value is -4.37. The lowest BCUT2D eigenvalue weighted by Crippen LogP contribution is -2.26. The van der Waals surface area contributed by atoms with Crippen LogP contribution in [-0.4, -0.2) is 53.4 Å². The molecule has 1 aromatic heterocycles. The zero-order valence-corrected chi connectivity index (χ0v) is 19.4. The molecule has 0 fully saturated rings. The van der Waals surface area contributed by atoms with Crippen LogP contribution in [0.15, 0.2) is 66.7 Å². The highest BCUT2D eigenvalue weighted by molar-refractivity contribution is 6.07. The van der Waals surface area contributed by atoms with Crippen molar-refractivity contribution in [3.8, 4) is 0 Å². The van der Waals surface area contributed by atoms with E-state index in [0.717, 1.165) is 36.3 Å². The number of anilines is 2. The minimum Gasteiger partial charge on any atom is -0.359 e. The molecular weight excluding hydrogens is 442 g/mol. The SMILES string of the molecule is CNCc1ccc(NC(=O)c2ccc(C(=O)Nc3ccc(C4=CCN(C=N)CC4)nn3)cc2)cc1. The molecule has 4 N–H and O–H groups in total. The number of aromatic nitrogens is 2. The van der Waals surface area contributed by atoms with Crippen LogP contribution in [-0.2, 0) is 6.54 Å².